The van der Waals surface area contributed by atoms with Crippen molar-refractivity contribution in [1.82, 2.24) is 10.3 Å². The Morgan fingerprint density at radius 2 is 2.36 bits per heavy atom. The molecule has 0 aromatic carbocycles. The van der Waals surface area contributed by atoms with Crippen LogP contribution >= 0.6 is 22.9 Å². The molecule has 0 bridgehead atoms. The first-order valence-electron chi connectivity index (χ1n) is 4.76. The second-order valence-electron chi connectivity index (χ2n) is 3.33. The lowest BCUT2D eigenvalue weighted by atomic mass is 10.1. The maximum absolute atomic E-state index is 5.79. The zero-order valence-electron chi connectivity index (χ0n) is 7.83. The Balaban J connectivity index is 1.76. The van der Waals surface area contributed by atoms with Crippen molar-refractivity contribution >= 4 is 22.9 Å². The van der Waals surface area contributed by atoms with Crippen molar-refractivity contribution in [3.8, 4) is 0 Å². The van der Waals surface area contributed by atoms with Gasteiger partial charge in [-0.05, 0) is 12.8 Å². The van der Waals surface area contributed by atoms with Crippen LogP contribution in [0.15, 0.2) is 6.20 Å². The van der Waals surface area contributed by atoms with E-state index in [0.29, 0.717) is 6.04 Å². The average Bonchev–Trinajstić information content (AvgIpc) is 2.63. The van der Waals surface area contributed by atoms with E-state index in [-0.39, 0.29) is 0 Å². The van der Waals surface area contributed by atoms with Crippen molar-refractivity contribution in [3.63, 3.8) is 0 Å². The van der Waals surface area contributed by atoms with Crippen LogP contribution in [-0.2, 0) is 11.3 Å². The normalized spacial score (nSPS) is 18.6. The molecule has 2 heterocycles. The van der Waals surface area contributed by atoms with E-state index in [1.165, 1.54) is 11.3 Å². The Bertz CT molecular complexity index is 286. The summed E-state index contributed by atoms with van der Waals surface area (Å²) in [5, 5.41) is 4.52. The number of halogens is 1. The summed E-state index contributed by atoms with van der Waals surface area (Å²) in [4.78, 5) is 4.19. The van der Waals surface area contributed by atoms with E-state index in [9.17, 15) is 0 Å². The first-order valence-corrected chi connectivity index (χ1v) is 5.95. The van der Waals surface area contributed by atoms with Gasteiger partial charge in [-0.2, -0.15) is 0 Å². The quantitative estimate of drug-likeness (QED) is 0.867. The number of hydrogen-bond donors (Lipinski definition) is 1. The monoisotopic (exact) mass is 232 g/mol. The van der Waals surface area contributed by atoms with Crippen molar-refractivity contribution in [1.29, 1.82) is 0 Å². The Morgan fingerprint density at radius 3 is 3.00 bits per heavy atom. The summed E-state index contributed by atoms with van der Waals surface area (Å²) < 4.78 is 6.04. The predicted molar refractivity (Wildman–Crippen MR) is 57.8 cm³/mol. The number of thiazole rings is 1. The maximum Gasteiger partial charge on any atom is 0.113 e. The van der Waals surface area contributed by atoms with Crippen LogP contribution in [0.2, 0.25) is 4.34 Å². The van der Waals surface area contributed by atoms with Gasteiger partial charge in [-0.15, -0.1) is 11.3 Å². The van der Waals surface area contributed by atoms with E-state index >= 15 is 0 Å². The van der Waals surface area contributed by atoms with E-state index in [0.717, 1.165) is 41.9 Å². The highest BCUT2D eigenvalue weighted by molar-refractivity contribution is 7.15. The highest BCUT2D eigenvalue weighted by Gasteiger charge is 2.13. The lowest BCUT2D eigenvalue weighted by molar-refractivity contribution is 0.0776. The van der Waals surface area contributed by atoms with Gasteiger partial charge in [0.15, 0.2) is 0 Å². The van der Waals surface area contributed by atoms with Crippen LogP contribution in [0.5, 0.6) is 0 Å². The largest absolute Gasteiger partial charge is 0.381 e. The molecule has 78 valence electrons. The fourth-order valence-electron chi connectivity index (χ4n) is 1.50. The van der Waals surface area contributed by atoms with Crippen LogP contribution in [0.1, 0.15) is 17.8 Å². The molecule has 5 heteroatoms. The predicted octanol–water partition coefficient (Wildman–Crippen LogP) is 2.07. The minimum absolute atomic E-state index is 0.575. The molecular formula is C9H13ClN2OS. The van der Waals surface area contributed by atoms with Crippen LogP contribution in [0.25, 0.3) is 0 Å². The van der Waals surface area contributed by atoms with E-state index in [1.807, 2.05) is 0 Å². The van der Waals surface area contributed by atoms with Gasteiger partial charge in [0.2, 0.25) is 0 Å². The zero-order valence-corrected chi connectivity index (χ0v) is 9.40. The standard InChI is InChI=1S/C9H13ClN2OS/c10-8-5-12-9(14-8)6-11-7-1-3-13-4-2-7/h5,7,11H,1-4,6H2. The molecule has 1 aliphatic rings. The van der Waals surface area contributed by atoms with E-state index in [2.05, 4.69) is 10.3 Å². The van der Waals surface area contributed by atoms with Gasteiger partial charge in [0.05, 0.1) is 6.20 Å². The molecule has 0 radical (unpaired) electrons. The minimum atomic E-state index is 0.575. The molecule has 1 aromatic heterocycles. The van der Waals surface area contributed by atoms with E-state index < -0.39 is 0 Å². The van der Waals surface area contributed by atoms with Crippen LogP contribution < -0.4 is 5.32 Å². The SMILES string of the molecule is Clc1cnc(CNC2CCOCC2)s1. The summed E-state index contributed by atoms with van der Waals surface area (Å²) in [5.74, 6) is 0. The fraction of sp³-hybridized carbons (Fsp3) is 0.667. The molecule has 0 amide bonds. The number of hydrogen-bond acceptors (Lipinski definition) is 4. The molecule has 0 atom stereocenters. The summed E-state index contributed by atoms with van der Waals surface area (Å²) in [5.41, 5.74) is 0. The van der Waals surface area contributed by atoms with Gasteiger partial charge < -0.3 is 10.1 Å². The minimum Gasteiger partial charge on any atom is -0.381 e. The average molecular weight is 233 g/mol. The summed E-state index contributed by atoms with van der Waals surface area (Å²) >= 11 is 7.33. The molecule has 0 spiro atoms. The fourth-order valence-corrected chi connectivity index (χ4v) is 2.41. The third kappa shape index (κ3) is 2.92. The maximum atomic E-state index is 5.79. The molecule has 3 nitrogen and oxygen atoms in total. The summed E-state index contributed by atoms with van der Waals surface area (Å²) in [6.45, 7) is 2.56. The van der Waals surface area contributed by atoms with E-state index in [4.69, 9.17) is 16.3 Å². The number of nitrogens with zero attached hydrogens (tertiary/aromatic N) is 1. The van der Waals surface area contributed by atoms with Crippen molar-refractivity contribution in [2.24, 2.45) is 0 Å². The molecule has 1 fully saturated rings. The molecule has 0 aliphatic carbocycles. The highest BCUT2D eigenvalue weighted by Crippen LogP contribution is 2.18. The third-order valence-electron chi connectivity index (χ3n) is 2.29. The van der Waals surface area contributed by atoms with Gasteiger partial charge in [0.25, 0.3) is 0 Å². The number of rotatable bonds is 3. The molecular weight excluding hydrogens is 220 g/mol. The molecule has 1 N–H and O–H groups in total. The molecule has 1 aliphatic heterocycles. The van der Waals surface area contributed by atoms with Crippen LogP contribution in [0, 0.1) is 0 Å². The van der Waals surface area contributed by atoms with E-state index in [1.54, 1.807) is 6.20 Å². The Labute approximate surface area is 92.4 Å². The number of nitrogens with one attached hydrogen (secondary N) is 1. The topological polar surface area (TPSA) is 34.2 Å². The van der Waals surface area contributed by atoms with Crippen molar-refractivity contribution < 1.29 is 4.74 Å². The molecule has 14 heavy (non-hydrogen) atoms. The van der Waals surface area contributed by atoms with Gasteiger partial charge >= 0.3 is 0 Å². The second kappa shape index (κ2) is 5.07. The van der Waals surface area contributed by atoms with Gasteiger partial charge in [0, 0.05) is 25.8 Å². The Kier molecular flexibility index (Phi) is 3.75. The molecule has 1 aromatic rings. The van der Waals surface area contributed by atoms with Crippen molar-refractivity contribution in [2.45, 2.75) is 25.4 Å². The zero-order chi connectivity index (χ0) is 9.80. The summed E-state index contributed by atoms with van der Waals surface area (Å²) in [6, 6.07) is 0.575. The Hall–Kier alpha value is -0.160. The molecule has 0 saturated carbocycles. The lowest BCUT2D eigenvalue weighted by Gasteiger charge is -2.22. The van der Waals surface area contributed by atoms with Crippen LogP contribution in [0.3, 0.4) is 0 Å². The first-order chi connectivity index (χ1) is 6.84. The van der Waals surface area contributed by atoms with Gasteiger partial charge in [0.1, 0.15) is 9.34 Å². The van der Waals surface area contributed by atoms with Crippen molar-refractivity contribution in [2.75, 3.05) is 13.2 Å². The van der Waals surface area contributed by atoms with Gasteiger partial charge in [-0.3, -0.25) is 0 Å². The first kappa shape index (κ1) is 10.4. The molecule has 1 saturated heterocycles. The molecule has 0 unspecified atom stereocenters. The number of ether oxygens (including phenoxy) is 1. The highest BCUT2D eigenvalue weighted by atomic mass is 35.5. The van der Waals surface area contributed by atoms with Crippen LogP contribution in [-0.4, -0.2) is 24.2 Å². The smallest absolute Gasteiger partial charge is 0.113 e. The lowest BCUT2D eigenvalue weighted by Crippen LogP contribution is -2.34. The number of aromatic nitrogens is 1. The van der Waals surface area contributed by atoms with Gasteiger partial charge in [-0.25, -0.2) is 4.98 Å². The third-order valence-corrected chi connectivity index (χ3v) is 3.40. The Morgan fingerprint density at radius 1 is 1.57 bits per heavy atom. The van der Waals surface area contributed by atoms with Crippen LogP contribution in [0.4, 0.5) is 0 Å². The van der Waals surface area contributed by atoms with Crippen molar-refractivity contribution in [3.05, 3.63) is 15.5 Å². The second-order valence-corrected chi connectivity index (χ2v) is 5.07. The molecule has 2 rings (SSSR count). The summed E-state index contributed by atoms with van der Waals surface area (Å²) in [7, 11) is 0. The van der Waals surface area contributed by atoms with Gasteiger partial charge in [-0.1, -0.05) is 11.6 Å². The summed E-state index contributed by atoms with van der Waals surface area (Å²) in [6.07, 6.45) is 3.89.